The molecule has 2 rings (SSSR count). The Bertz CT molecular complexity index is 570. The monoisotopic (exact) mass is 291 g/mol. The Kier molecular flexibility index (Phi) is 3.51. The predicted octanol–water partition coefficient (Wildman–Crippen LogP) is 3.28. The van der Waals surface area contributed by atoms with Gasteiger partial charge in [-0.25, -0.2) is 9.97 Å². The fraction of sp³-hybridized carbons (Fsp3) is 0. The number of aromatic nitrogens is 2. The molecule has 0 radical (unpaired) electrons. The van der Waals surface area contributed by atoms with Crippen molar-refractivity contribution in [1.82, 2.24) is 9.97 Å². The summed E-state index contributed by atoms with van der Waals surface area (Å²) in [6, 6.07) is 1.42. The fourth-order valence-corrected chi connectivity index (χ4v) is 1.54. The van der Waals surface area contributed by atoms with Gasteiger partial charge in [0.05, 0.1) is 11.8 Å². The molecule has 0 aromatic carbocycles. The zero-order valence-electron chi connectivity index (χ0n) is 8.08. The van der Waals surface area contributed by atoms with Gasteiger partial charge in [-0.3, -0.25) is 4.79 Å². The largest absolute Gasteiger partial charge is 0.452 e. The van der Waals surface area contributed by atoms with Gasteiger partial charge in [0.15, 0.2) is 11.0 Å². The van der Waals surface area contributed by atoms with Crippen molar-refractivity contribution in [3.63, 3.8) is 0 Å². The maximum Gasteiger partial charge on any atom is 0.261 e. The Labute approximate surface area is 111 Å². The van der Waals surface area contributed by atoms with Crippen molar-refractivity contribution in [2.24, 2.45) is 0 Å². The molecule has 88 valence electrons. The Morgan fingerprint density at radius 1 is 1.29 bits per heavy atom. The van der Waals surface area contributed by atoms with Crippen LogP contribution in [0.25, 0.3) is 0 Å². The Morgan fingerprint density at radius 3 is 2.71 bits per heavy atom. The normalized spacial score (nSPS) is 10.3. The van der Waals surface area contributed by atoms with Gasteiger partial charge in [-0.2, -0.15) is 0 Å². The number of nitrogens with zero attached hydrogens (tertiary/aromatic N) is 2. The molecule has 2 heterocycles. The van der Waals surface area contributed by atoms with Gasteiger partial charge in [0.2, 0.25) is 5.22 Å². The van der Waals surface area contributed by atoms with Gasteiger partial charge >= 0.3 is 0 Å². The van der Waals surface area contributed by atoms with Gasteiger partial charge < -0.3 is 9.73 Å². The summed E-state index contributed by atoms with van der Waals surface area (Å²) in [4.78, 5) is 19.2. The molecule has 1 N–H and O–H groups in total. The molecule has 0 fully saturated rings. The second kappa shape index (κ2) is 4.91. The van der Waals surface area contributed by atoms with E-state index < -0.39 is 5.91 Å². The molecular formula is C9H4Cl3N3O2. The van der Waals surface area contributed by atoms with Crippen LogP contribution >= 0.6 is 34.8 Å². The first-order chi connectivity index (χ1) is 8.09. The lowest BCUT2D eigenvalue weighted by atomic mass is 10.3. The molecule has 0 atom stereocenters. The summed E-state index contributed by atoms with van der Waals surface area (Å²) in [5.41, 5.74) is 0.178. The first-order valence-electron chi connectivity index (χ1n) is 4.30. The highest BCUT2D eigenvalue weighted by atomic mass is 35.5. The summed E-state index contributed by atoms with van der Waals surface area (Å²) in [6.45, 7) is 0. The van der Waals surface area contributed by atoms with Crippen molar-refractivity contribution in [2.75, 3.05) is 5.32 Å². The lowest BCUT2D eigenvalue weighted by molar-refractivity contribution is 0.102. The summed E-state index contributed by atoms with van der Waals surface area (Å²) in [5, 5.41) is 2.54. The van der Waals surface area contributed by atoms with E-state index in [0.29, 0.717) is 0 Å². The molecule has 0 saturated carbocycles. The van der Waals surface area contributed by atoms with E-state index in [1.807, 2.05) is 0 Å². The summed E-state index contributed by atoms with van der Waals surface area (Å²) < 4.78 is 4.79. The minimum atomic E-state index is -0.500. The molecule has 1 amide bonds. The highest BCUT2D eigenvalue weighted by Crippen LogP contribution is 2.26. The van der Waals surface area contributed by atoms with Crippen molar-refractivity contribution in [1.29, 1.82) is 0 Å². The SMILES string of the molecule is O=C(Nc1ncnc(Cl)c1Cl)c1ccoc1Cl. The number of halogens is 3. The fourth-order valence-electron chi connectivity index (χ4n) is 1.07. The number of rotatable bonds is 2. The van der Waals surface area contributed by atoms with Gasteiger partial charge in [-0.05, 0) is 17.7 Å². The summed E-state index contributed by atoms with van der Waals surface area (Å²) in [5.74, 6) is -0.394. The molecule has 0 bridgehead atoms. The van der Waals surface area contributed by atoms with Gasteiger partial charge in [-0.15, -0.1) is 0 Å². The number of carbonyl (C=O) groups excluding carboxylic acids is 1. The highest BCUT2D eigenvalue weighted by Gasteiger charge is 2.16. The smallest absolute Gasteiger partial charge is 0.261 e. The molecule has 8 heteroatoms. The van der Waals surface area contributed by atoms with E-state index in [1.165, 1.54) is 18.7 Å². The van der Waals surface area contributed by atoms with Gasteiger partial charge in [-0.1, -0.05) is 23.2 Å². The van der Waals surface area contributed by atoms with Crippen LogP contribution in [0.2, 0.25) is 15.4 Å². The molecule has 0 spiro atoms. The standard InChI is InChI=1S/C9H4Cl3N3O2/c10-5-6(11)13-3-14-8(5)15-9(16)4-1-2-17-7(4)12/h1-3H,(H,13,14,15,16). The van der Waals surface area contributed by atoms with Crippen molar-refractivity contribution in [3.8, 4) is 0 Å². The van der Waals surface area contributed by atoms with Gasteiger partial charge in [0, 0.05) is 0 Å². The molecule has 0 unspecified atom stereocenters. The third kappa shape index (κ3) is 2.52. The van der Waals surface area contributed by atoms with E-state index in [9.17, 15) is 4.79 Å². The molecule has 0 aliphatic carbocycles. The van der Waals surface area contributed by atoms with Crippen LogP contribution in [0.4, 0.5) is 5.82 Å². The topological polar surface area (TPSA) is 68.0 Å². The summed E-state index contributed by atoms with van der Waals surface area (Å²) >= 11 is 17.1. The van der Waals surface area contributed by atoms with Crippen LogP contribution < -0.4 is 5.32 Å². The first-order valence-corrected chi connectivity index (χ1v) is 5.43. The van der Waals surface area contributed by atoms with Crippen LogP contribution in [0.3, 0.4) is 0 Å². The van der Waals surface area contributed by atoms with Crippen LogP contribution in [0.15, 0.2) is 23.1 Å². The first kappa shape index (κ1) is 12.2. The number of hydrogen-bond acceptors (Lipinski definition) is 4. The minimum Gasteiger partial charge on any atom is -0.452 e. The van der Waals surface area contributed by atoms with E-state index in [0.717, 1.165) is 0 Å². The lowest BCUT2D eigenvalue weighted by Crippen LogP contribution is -2.13. The Morgan fingerprint density at radius 2 is 2.06 bits per heavy atom. The Hall–Kier alpha value is -1.30. The number of furan rings is 1. The van der Waals surface area contributed by atoms with E-state index in [4.69, 9.17) is 39.2 Å². The average molecular weight is 293 g/mol. The third-order valence-electron chi connectivity index (χ3n) is 1.84. The van der Waals surface area contributed by atoms with E-state index in [2.05, 4.69) is 15.3 Å². The minimum absolute atomic E-state index is 0.0150. The molecule has 0 aliphatic heterocycles. The van der Waals surface area contributed by atoms with E-state index in [-0.39, 0.29) is 26.8 Å². The van der Waals surface area contributed by atoms with Gasteiger partial charge in [0.25, 0.3) is 5.91 Å². The molecule has 5 nitrogen and oxygen atoms in total. The summed E-state index contributed by atoms with van der Waals surface area (Å²) in [6.07, 6.45) is 2.48. The van der Waals surface area contributed by atoms with Crippen molar-refractivity contribution < 1.29 is 9.21 Å². The molecular weight excluding hydrogens is 288 g/mol. The number of carbonyl (C=O) groups is 1. The van der Waals surface area contributed by atoms with Crippen molar-refractivity contribution in [3.05, 3.63) is 39.6 Å². The maximum absolute atomic E-state index is 11.7. The van der Waals surface area contributed by atoms with Crippen LogP contribution in [0.1, 0.15) is 10.4 Å². The zero-order chi connectivity index (χ0) is 12.4. The van der Waals surface area contributed by atoms with Crippen molar-refractivity contribution >= 4 is 46.5 Å². The second-order valence-electron chi connectivity index (χ2n) is 2.89. The lowest BCUT2D eigenvalue weighted by Gasteiger charge is -2.05. The van der Waals surface area contributed by atoms with Crippen molar-refractivity contribution in [2.45, 2.75) is 0 Å². The summed E-state index contributed by atoms with van der Waals surface area (Å²) in [7, 11) is 0. The third-order valence-corrected chi connectivity index (χ3v) is 2.88. The zero-order valence-corrected chi connectivity index (χ0v) is 10.3. The quantitative estimate of drug-likeness (QED) is 0.862. The molecule has 2 aromatic heterocycles. The van der Waals surface area contributed by atoms with Crippen LogP contribution in [-0.4, -0.2) is 15.9 Å². The van der Waals surface area contributed by atoms with Crippen LogP contribution in [0, 0.1) is 0 Å². The number of nitrogens with one attached hydrogen (secondary N) is 1. The molecule has 0 saturated heterocycles. The number of hydrogen-bond donors (Lipinski definition) is 1. The van der Waals surface area contributed by atoms with E-state index in [1.54, 1.807) is 0 Å². The predicted molar refractivity (Wildman–Crippen MR) is 63.7 cm³/mol. The van der Waals surface area contributed by atoms with E-state index >= 15 is 0 Å². The number of anilines is 1. The highest BCUT2D eigenvalue weighted by molar-refractivity contribution is 6.43. The molecule has 17 heavy (non-hydrogen) atoms. The Balaban J connectivity index is 2.25. The van der Waals surface area contributed by atoms with Crippen LogP contribution in [-0.2, 0) is 0 Å². The molecule has 0 aliphatic rings. The molecule has 2 aromatic rings. The maximum atomic E-state index is 11.7. The van der Waals surface area contributed by atoms with Gasteiger partial charge in [0.1, 0.15) is 11.3 Å². The number of amides is 1. The average Bonchev–Trinajstić information content (AvgIpc) is 2.71. The van der Waals surface area contributed by atoms with Crippen LogP contribution in [0.5, 0.6) is 0 Å². The second-order valence-corrected chi connectivity index (χ2v) is 3.97.